The predicted octanol–water partition coefficient (Wildman–Crippen LogP) is 2.93. The van der Waals surface area contributed by atoms with E-state index < -0.39 is 5.97 Å². The largest absolute Gasteiger partial charge is 0.478 e. The lowest BCUT2D eigenvalue weighted by molar-refractivity contribution is 0.0699. The molecule has 0 radical (unpaired) electrons. The van der Waals surface area contributed by atoms with Crippen LogP contribution in [0.25, 0.3) is 22.6 Å². The van der Waals surface area contributed by atoms with Gasteiger partial charge in [-0.25, -0.2) is 14.8 Å². The molecule has 6 heteroatoms. The molecule has 0 aliphatic heterocycles. The monoisotopic (exact) mass is 365 g/mol. The first-order valence-electron chi connectivity index (χ1n) is 5.49. The fraction of sp³-hybridized carbons (Fsp3) is 0. The lowest BCUT2D eigenvalue weighted by Crippen LogP contribution is -1.97. The SMILES string of the molecule is O=C(O)c1ccnc2nc(-c3ccc(I)cc3)[nH]c12. The number of rotatable bonds is 2. The molecule has 0 saturated carbocycles. The summed E-state index contributed by atoms with van der Waals surface area (Å²) in [5.41, 5.74) is 1.93. The van der Waals surface area contributed by atoms with Crippen LogP contribution in [0.2, 0.25) is 0 Å². The summed E-state index contributed by atoms with van der Waals surface area (Å²) in [6, 6.07) is 9.25. The normalized spacial score (nSPS) is 10.8. The standard InChI is InChI=1S/C13H8IN3O2/c14-8-3-1-7(2-4-8)11-16-10-9(13(18)19)5-6-15-12(10)17-11/h1-6H,(H,18,19)(H,15,16,17). The number of fused-ring (bicyclic) bond motifs is 1. The molecule has 2 aromatic heterocycles. The van der Waals surface area contributed by atoms with E-state index in [-0.39, 0.29) is 5.56 Å². The van der Waals surface area contributed by atoms with E-state index in [1.807, 2.05) is 24.3 Å². The van der Waals surface area contributed by atoms with E-state index in [0.717, 1.165) is 9.13 Å². The summed E-state index contributed by atoms with van der Waals surface area (Å²) in [4.78, 5) is 22.6. The Hall–Kier alpha value is -1.96. The van der Waals surface area contributed by atoms with Gasteiger partial charge in [-0.15, -0.1) is 0 Å². The van der Waals surface area contributed by atoms with Crippen molar-refractivity contribution in [2.45, 2.75) is 0 Å². The zero-order chi connectivity index (χ0) is 13.4. The van der Waals surface area contributed by atoms with Gasteiger partial charge >= 0.3 is 5.97 Å². The number of benzene rings is 1. The quantitative estimate of drug-likeness (QED) is 0.685. The van der Waals surface area contributed by atoms with Crippen molar-refractivity contribution in [1.29, 1.82) is 0 Å². The number of aromatic carboxylic acids is 1. The van der Waals surface area contributed by atoms with Gasteiger partial charge in [0.1, 0.15) is 5.82 Å². The van der Waals surface area contributed by atoms with Crippen LogP contribution < -0.4 is 0 Å². The van der Waals surface area contributed by atoms with Crippen LogP contribution in [0.3, 0.4) is 0 Å². The molecule has 0 aliphatic rings. The third-order valence-electron chi connectivity index (χ3n) is 2.74. The van der Waals surface area contributed by atoms with Gasteiger partial charge in [0.2, 0.25) is 0 Å². The van der Waals surface area contributed by atoms with E-state index in [0.29, 0.717) is 17.0 Å². The molecule has 5 nitrogen and oxygen atoms in total. The number of aromatic amines is 1. The second-order valence-electron chi connectivity index (χ2n) is 3.95. The minimum Gasteiger partial charge on any atom is -0.478 e. The van der Waals surface area contributed by atoms with Gasteiger partial charge in [0.25, 0.3) is 0 Å². The van der Waals surface area contributed by atoms with Gasteiger partial charge < -0.3 is 10.1 Å². The number of nitrogens with one attached hydrogen (secondary N) is 1. The predicted molar refractivity (Wildman–Crippen MR) is 79.0 cm³/mol. The maximum absolute atomic E-state index is 11.1. The second-order valence-corrected chi connectivity index (χ2v) is 5.20. The van der Waals surface area contributed by atoms with Crippen LogP contribution >= 0.6 is 22.6 Å². The van der Waals surface area contributed by atoms with E-state index >= 15 is 0 Å². The maximum atomic E-state index is 11.1. The van der Waals surface area contributed by atoms with Gasteiger partial charge in [0, 0.05) is 15.3 Å². The maximum Gasteiger partial charge on any atom is 0.338 e. The Morgan fingerprint density at radius 3 is 2.63 bits per heavy atom. The minimum atomic E-state index is -0.995. The molecule has 0 spiro atoms. The van der Waals surface area contributed by atoms with Crippen LogP contribution in [-0.2, 0) is 0 Å². The molecular formula is C13H8IN3O2. The van der Waals surface area contributed by atoms with Crippen LogP contribution in [0.5, 0.6) is 0 Å². The van der Waals surface area contributed by atoms with Crippen molar-refractivity contribution in [2.75, 3.05) is 0 Å². The lowest BCUT2D eigenvalue weighted by atomic mass is 10.2. The molecule has 0 bridgehead atoms. The topological polar surface area (TPSA) is 78.9 Å². The Labute approximate surface area is 121 Å². The van der Waals surface area contributed by atoms with Crippen molar-refractivity contribution < 1.29 is 9.90 Å². The second kappa shape index (κ2) is 4.61. The number of imidazole rings is 1. The summed E-state index contributed by atoms with van der Waals surface area (Å²) in [6.07, 6.45) is 1.45. The molecule has 3 aromatic rings. The molecule has 0 aliphatic carbocycles. The fourth-order valence-corrected chi connectivity index (χ4v) is 2.19. The average Bonchev–Trinajstić information content (AvgIpc) is 2.82. The Balaban J connectivity index is 2.19. The van der Waals surface area contributed by atoms with E-state index in [1.54, 1.807) is 0 Å². The van der Waals surface area contributed by atoms with Gasteiger partial charge in [0.05, 0.1) is 11.1 Å². The van der Waals surface area contributed by atoms with Gasteiger partial charge in [-0.2, -0.15) is 0 Å². The highest BCUT2D eigenvalue weighted by Gasteiger charge is 2.13. The first-order valence-corrected chi connectivity index (χ1v) is 6.57. The molecule has 0 unspecified atom stereocenters. The highest BCUT2D eigenvalue weighted by atomic mass is 127. The summed E-state index contributed by atoms with van der Waals surface area (Å²) < 4.78 is 1.13. The molecule has 19 heavy (non-hydrogen) atoms. The highest BCUT2D eigenvalue weighted by Crippen LogP contribution is 2.22. The van der Waals surface area contributed by atoms with Crippen molar-refractivity contribution in [1.82, 2.24) is 15.0 Å². The Bertz CT molecular complexity index is 765. The van der Waals surface area contributed by atoms with Crippen LogP contribution in [-0.4, -0.2) is 26.0 Å². The number of aromatic nitrogens is 3. The Kier molecular flexibility index (Phi) is 2.94. The summed E-state index contributed by atoms with van der Waals surface area (Å²) in [6.45, 7) is 0. The van der Waals surface area contributed by atoms with Gasteiger partial charge in [-0.05, 0) is 40.8 Å². The molecular weight excluding hydrogens is 357 g/mol. The number of carboxylic acid groups (broad SMARTS) is 1. The Morgan fingerprint density at radius 1 is 1.21 bits per heavy atom. The molecule has 3 rings (SSSR count). The van der Waals surface area contributed by atoms with Crippen molar-refractivity contribution in [2.24, 2.45) is 0 Å². The molecule has 0 atom stereocenters. The number of hydrogen-bond donors (Lipinski definition) is 2. The highest BCUT2D eigenvalue weighted by molar-refractivity contribution is 14.1. The van der Waals surface area contributed by atoms with Crippen LogP contribution in [0.1, 0.15) is 10.4 Å². The Morgan fingerprint density at radius 2 is 1.95 bits per heavy atom. The van der Waals surface area contributed by atoms with Crippen LogP contribution in [0.15, 0.2) is 36.5 Å². The zero-order valence-electron chi connectivity index (χ0n) is 9.59. The molecule has 94 valence electrons. The molecule has 0 saturated heterocycles. The van der Waals surface area contributed by atoms with Crippen LogP contribution in [0.4, 0.5) is 0 Å². The average molecular weight is 365 g/mol. The number of halogens is 1. The van der Waals surface area contributed by atoms with E-state index in [9.17, 15) is 4.79 Å². The van der Waals surface area contributed by atoms with Crippen molar-refractivity contribution in [3.05, 3.63) is 45.7 Å². The summed E-state index contributed by atoms with van der Waals surface area (Å²) in [5, 5.41) is 9.12. The minimum absolute atomic E-state index is 0.175. The number of carbonyl (C=O) groups is 1. The third kappa shape index (κ3) is 2.19. The van der Waals surface area contributed by atoms with Crippen molar-refractivity contribution in [3.8, 4) is 11.4 Å². The van der Waals surface area contributed by atoms with Gasteiger partial charge in [0.15, 0.2) is 5.65 Å². The molecule has 2 N–H and O–H groups in total. The molecule has 0 fully saturated rings. The number of H-pyrrole nitrogens is 1. The van der Waals surface area contributed by atoms with E-state index in [1.165, 1.54) is 12.3 Å². The van der Waals surface area contributed by atoms with E-state index in [2.05, 4.69) is 37.5 Å². The summed E-state index contributed by atoms with van der Waals surface area (Å²) in [5.74, 6) is -0.377. The number of hydrogen-bond acceptors (Lipinski definition) is 3. The molecule has 0 amide bonds. The first kappa shape index (κ1) is 12.1. The third-order valence-corrected chi connectivity index (χ3v) is 3.46. The summed E-state index contributed by atoms with van der Waals surface area (Å²) >= 11 is 2.22. The van der Waals surface area contributed by atoms with Crippen molar-refractivity contribution in [3.63, 3.8) is 0 Å². The van der Waals surface area contributed by atoms with Crippen LogP contribution in [0, 0.1) is 3.57 Å². The molecule has 1 aromatic carbocycles. The fourth-order valence-electron chi connectivity index (χ4n) is 1.83. The smallest absolute Gasteiger partial charge is 0.338 e. The number of carboxylic acids is 1. The number of nitrogens with zero attached hydrogens (tertiary/aromatic N) is 2. The van der Waals surface area contributed by atoms with Gasteiger partial charge in [-0.3, -0.25) is 0 Å². The first-order chi connectivity index (χ1) is 9.15. The molecule has 2 heterocycles. The van der Waals surface area contributed by atoms with Crippen molar-refractivity contribution >= 4 is 39.7 Å². The zero-order valence-corrected chi connectivity index (χ0v) is 11.7. The lowest BCUT2D eigenvalue weighted by Gasteiger charge is -1.96. The summed E-state index contributed by atoms with van der Waals surface area (Å²) in [7, 11) is 0. The number of pyridine rings is 1. The van der Waals surface area contributed by atoms with Gasteiger partial charge in [-0.1, -0.05) is 12.1 Å². The van der Waals surface area contributed by atoms with E-state index in [4.69, 9.17) is 5.11 Å².